The zero-order chi connectivity index (χ0) is 18.7. The summed E-state index contributed by atoms with van der Waals surface area (Å²) >= 11 is 0. The Balaban J connectivity index is 2.07. The third kappa shape index (κ3) is 2.07. The van der Waals surface area contributed by atoms with E-state index < -0.39 is 17.7 Å². The van der Waals surface area contributed by atoms with Crippen LogP contribution < -0.4 is 0 Å². The van der Waals surface area contributed by atoms with Crippen LogP contribution in [0.4, 0.5) is 0 Å². The fourth-order valence-electron chi connectivity index (χ4n) is 4.43. The topological polar surface area (TPSA) is 94.8 Å². The van der Waals surface area contributed by atoms with E-state index in [9.17, 15) is 24.9 Å². The van der Waals surface area contributed by atoms with E-state index in [0.29, 0.717) is 29.5 Å². The summed E-state index contributed by atoms with van der Waals surface area (Å²) in [5.74, 6) is -1.64. The van der Waals surface area contributed by atoms with E-state index in [1.807, 2.05) is 13.8 Å². The van der Waals surface area contributed by atoms with Crippen molar-refractivity contribution in [3.8, 4) is 11.5 Å². The molecule has 5 nitrogen and oxygen atoms in total. The second-order valence-corrected chi connectivity index (χ2v) is 7.19. The van der Waals surface area contributed by atoms with Gasteiger partial charge >= 0.3 is 0 Å². The molecule has 0 saturated heterocycles. The largest absolute Gasteiger partial charge is 0.507 e. The third-order valence-electron chi connectivity index (χ3n) is 5.61. The summed E-state index contributed by atoms with van der Waals surface area (Å²) in [5.41, 5.74) is 1.88. The van der Waals surface area contributed by atoms with Gasteiger partial charge < -0.3 is 15.3 Å². The lowest BCUT2D eigenvalue weighted by Crippen LogP contribution is -2.27. The number of carbonyl (C=O) groups is 2. The number of aliphatic hydroxyl groups is 1. The molecule has 4 rings (SSSR count). The second kappa shape index (κ2) is 5.68. The third-order valence-corrected chi connectivity index (χ3v) is 5.61. The van der Waals surface area contributed by atoms with Gasteiger partial charge in [-0.25, -0.2) is 0 Å². The summed E-state index contributed by atoms with van der Waals surface area (Å²) in [6.07, 6.45) is 0.500. The molecular formula is C21H20O5. The molecule has 2 atom stereocenters. The molecule has 134 valence electrons. The molecule has 0 radical (unpaired) electrons. The monoisotopic (exact) mass is 352 g/mol. The number of phenolic OH excluding ortho intramolecular Hbond substituents is 2. The van der Waals surface area contributed by atoms with E-state index >= 15 is 0 Å². The number of aliphatic hydroxyl groups excluding tert-OH is 1. The molecule has 0 fully saturated rings. The molecule has 3 N–H and O–H groups in total. The molecule has 2 aromatic rings. The lowest BCUT2D eigenvalue weighted by molar-refractivity contribution is 0.0971. The maximum Gasteiger partial charge on any atom is 0.198 e. The van der Waals surface area contributed by atoms with Crippen LogP contribution in [0, 0.1) is 0 Å². The van der Waals surface area contributed by atoms with Crippen LogP contribution >= 0.6 is 0 Å². The summed E-state index contributed by atoms with van der Waals surface area (Å²) < 4.78 is 0. The normalized spacial score (nSPS) is 21.2. The second-order valence-electron chi connectivity index (χ2n) is 7.19. The van der Waals surface area contributed by atoms with E-state index in [2.05, 4.69) is 0 Å². The Morgan fingerprint density at radius 2 is 1.73 bits per heavy atom. The average Bonchev–Trinajstić information content (AvgIpc) is 2.61. The summed E-state index contributed by atoms with van der Waals surface area (Å²) in [6.45, 7) is 3.73. The van der Waals surface area contributed by atoms with Crippen LogP contribution in [-0.4, -0.2) is 33.0 Å². The minimum atomic E-state index is -0.658. The number of aromatic hydroxyl groups is 2. The minimum absolute atomic E-state index is 0.108. The Morgan fingerprint density at radius 1 is 1.04 bits per heavy atom. The van der Waals surface area contributed by atoms with Crippen LogP contribution in [-0.2, 0) is 12.8 Å². The first-order chi connectivity index (χ1) is 12.4. The van der Waals surface area contributed by atoms with Gasteiger partial charge in [-0.15, -0.1) is 0 Å². The van der Waals surface area contributed by atoms with Crippen molar-refractivity contribution in [2.75, 3.05) is 0 Å². The predicted octanol–water partition coefficient (Wildman–Crippen LogP) is 2.85. The molecular weight excluding hydrogens is 332 g/mol. The molecule has 2 aromatic carbocycles. The lowest BCUT2D eigenvalue weighted by atomic mass is 9.74. The van der Waals surface area contributed by atoms with Gasteiger partial charge in [-0.05, 0) is 24.3 Å². The standard InChI is InChI=1S/C21H20O5/c1-3-10-5-4-6-12-15(10)21(26)17-16(18(12)23)19(24)13-8-11(22)7-9(2)14(13)20(17)25/h4-6,9,11,22,24-25H,3,7-8H2,1-2H3. The Kier molecular flexibility index (Phi) is 3.66. The molecule has 0 spiro atoms. The molecule has 0 heterocycles. The number of ketones is 2. The predicted molar refractivity (Wildman–Crippen MR) is 95.2 cm³/mol. The van der Waals surface area contributed by atoms with Gasteiger partial charge in [0.15, 0.2) is 11.6 Å². The smallest absolute Gasteiger partial charge is 0.198 e. The molecule has 0 aromatic heterocycles. The van der Waals surface area contributed by atoms with Crippen molar-refractivity contribution in [2.24, 2.45) is 0 Å². The summed E-state index contributed by atoms with van der Waals surface area (Å²) in [4.78, 5) is 26.2. The number of benzene rings is 2. The summed E-state index contributed by atoms with van der Waals surface area (Å²) in [5, 5.41) is 31.7. The molecule has 2 aliphatic rings. The van der Waals surface area contributed by atoms with Crippen molar-refractivity contribution in [2.45, 2.75) is 45.1 Å². The van der Waals surface area contributed by atoms with E-state index in [-0.39, 0.29) is 40.5 Å². The van der Waals surface area contributed by atoms with Crippen molar-refractivity contribution in [3.05, 3.63) is 57.1 Å². The van der Waals surface area contributed by atoms with Crippen LogP contribution in [0.5, 0.6) is 11.5 Å². The molecule has 0 amide bonds. The highest BCUT2D eigenvalue weighted by Gasteiger charge is 2.40. The van der Waals surface area contributed by atoms with Crippen LogP contribution in [0.2, 0.25) is 0 Å². The molecule has 2 aliphatic carbocycles. The van der Waals surface area contributed by atoms with E-state index in [4.69, 9.17) is 0 Å². The maximum atomic E-state index is 13.2. The molecule has 0 saturated carbocycles. The SMILES string of the molecule is CCc1cccc2c1C(=O)c1c(O)c3c(c(O)c1C2=O)CC(O)CC3C. The van der Waals surface area contributed by atoms with Gasteiger partial charge in [-0.2, -0.15) is 0 Å². The van der Waals surface area contributed by atoms with Crippen molar-refractivity contribution < 1.29 is 24.9 Å². The Hall–Kier alpha value is -2.66. The van der Waals surface area contributed by atoms with Gasteiger partial charge in [0.2, 0.25) is 0 Å². The number of aryl methyl sites for hydroxylation is 1. The van der Waals surface area contributed by atoms with E-state index in [1.54, 1.807) is 18.2 Å². The summed E-state index contributed by atoms with van der Waals surface area (Å²) in [7, 11) is 0. The maximum absolute atomic E-state index is 13.2. The van der Waals surface area contributed by atoms with Gasteiger partial charge in [0.1, 0.15) is 11.5 Å². The molecule has 0 aliphatic heterocycles. The van der Waals surface area contributed by atoms with Gasteiger partial charge in [-0.3, -0.25) is 9.59 Å². The van der Waals surface area contributed by atoms with Crippen LogP contribution in [0.1, 0.15) is 74.7 Å². The average molecular weight is 352 g/mol. The molecule has 5 heteroatoms. The first kappa shape index (κ1) is 16.8. The van der Waals surface area contributed by atoms with Crippen LogP contribution in [0.3, 0.4) is 0 Å². The van der Waals surface area contributed by atoms with E-state index in [0.717, 1.165) is 5.56 Å². The van der Waals surface area contributed by atoms with E-state index in [1.165, 1.54) is 0 Å². The Labute approximate surface area is 150 Å². The van der Waals surface area contributed by atoms with Gasteiger partial charge in [0.25, 0.3) is 0 Å². The van der Waals surface area contributed by atoms with Crippen LogP contribution in [0.25, 0.3) is 0 Å². The van der Waals surface area contributed by atoms with Crippen molar-refractivity contribution in [1.82, 2.24) is 0 Å². The molecule has 0 bridgehead atoms. The number of phenols is 2. The number of hydrogen-bond acceptors (Lipinski definition) is 5. The highest BCUT2D eigenvalue weighted by molar-refractivity contribution is 6.31. The number of carbonyl (C=O) groups excluding carboxylic acids is 2. The molecule has 26 heavy (non-hydrogen) atoms. The van der Waals surface area contributed by atoms with Gasteiger partial charge in [0.05, 0.1) is 17.2 Å². The lowest BCUT2D eigenvalue weighted by Gasteiger charge is -2.31. The minimum Gasteiger partial charge on any atom is -0.507 e. The fourth-order valence-corrected chi connectivity index (χ4v) is 4.43. The Bertz CT molecular complexity index is 973. The zero-order valence-electron chi connectivity index (χ0n) is 14.7. The molecule has 2 unspecified atom stereocenters. The van der Waals surface area contributed by atoms with Gasteiger partial charge in [-0.1, -0.05) is 32.0 Å². The Morgan fingerprint density at radius 3 is 2.42 bits per heavy atom. The fraction of sp³-hybridized carbons (Fsp3) is 0.333. The highest BCUT2D eigenvalue weighted by atomic mass is 16.3. The number of rotatable bonds is 1. The van der Waals surface area contributed by atoms with Crippen molar-refractivity contribution in [3.63, 3.8) is 0 Å². The van der Waals surface area contributed by atoms with Crippen LogP contribution in [0.15, 0.2) is 18.2 Å². The summed E-state index contributed by atoms with van der Waals surface area (Å²) in [6, 6.07) is 5.09. The van der Waals surface area contributed by atoms with Gasteiger partial charge in [0, 0.05) is 28.7 Å². The quantitative estimate of drug-likeness (QED) is 0.586. The van der Waals surface area contributed by atoms with Crippen molar-refractivity contribution in [1.29, 1.82) is 0 Å². The first-order valence-corrected chi connectivity index (χ1v) is 8.86. The highest BCUT2D eigenvalue weighted by Crippen LogP contribution is 2.49. The number of fused-ring (bicyclic) bond motifs is 3. The number of hydrogen-bond donors (Lipinski definition) is 3. The van der Waals surface area contributed by atoms with Crippen molar-refractivity contribution >= 4 is 11.6 Å². The zero-order valence-corrected chi connectivity index (χ0v) is 14.7. The first-order valence-electron chi connectivity index (χ1n) is 8.86.